The normalized spacial score (nSPS) is 17.2. The van der Waals surface area contributed by atoms with E-state index in [2.05, 4.69) is 70.5 Å². The van der Waals surface area contributed by atoms with Crippen LogP contribution in [-0.4, -0.2) is 43.7 Å². The van der Waals surface area contributed by atoms with Gasteiger partial charge in [-0.2, -0.15) is 0 Å². The Morgan fingerprint density at radius 2 is 1.43 bits per heavy atom. The molecule has 2 N–H and O–H groups in total. The van der Waals surface area contributed by atoms with Gasteiger partial charge in [0.25, 0.3) is 0 Å². The van der Waals surface area contributed by atoms with Crippen molar-refractivity contribution in [1.29, 1.82) is 0 Å². The van der Waals surface area contributed by atoms with Crippen LogP contribution in [0.3, 0.4) is 0 Å². The van der Waals surface area contributed by atoms with E-state index >= 15 is 0 Å². The second-order valence-electron chi connectivity index (χ2n) is 6.27. The smallest absolute Gasteiger partial charge is 0.0367 e. The topological polar surface area (TPSA) is 32.5 Å². The lowest BCUT2D eigenvalue weighted by atomic mass is 10.0. The number of benzene rings is 2. The second kappa shape index (κ2) is 8.14. The number of hydrogen-bond acceptors (Lipinski definition) is 3. The number of piperazine rings is 1. The molecule has 1 unspecified atom stereocenters. The van der Waals surface area contributed by atoms with Gasteiger partial charge in [-0.1, -0.05) is 48.5 Å². The van der Waals surface area contributed by atoms with Crippen molar-refractivity contribution in [3.05, 3.63) is 66.2 Å². The molecule has 1 atom stereocenters. The summed E-state index contributed by atoms with van der Waals surface area (Å²) in [6.45, 7) is 5.13. The Balaban J connectivity index is 1.51. The highest BCUT2D eigenvalue weighted by Crippen LogP contribution is 2.18. The number of aryl methyl sites for hydroxylation is 1. The monoisotopic (exact) mass is 309 g/mol. The van der Waals surface area contributed by atoms with Gasteiger partial charge in [-0.3, -0.25) is 4.90 Å². The molecule has 0 amide bonds. The first-order valence-electron chi connectivity index (χ1n) is 8.65. The van der Waals surface area contributed by atoms with Gasteiger partial charge >= 0.3 is 0 Å². The second-order valence-corrected chi connectivity index (χ2v) is 6.27. The van der Waals surface area contributed by atoms with Crippen molar-refractivity contribution in [2.45, 2.75) is 18.9 Å². The third-order valence-corrected chi connectivity index (χ3v) is 4.83. The molecule has 3 heteroatoms. The maximum atomic E-state index is 6.06. The number of nitrogens with zero attached hydrogens (tertiary/aromatic N) is 2. The Hall–Kier alpha value is -1.84. The molecule has 1 saturated heterocycles. The summed E-state index contributed by atoms with van der Waals surface area (Å²) in [6, 6.07) is 21.9. The summed E-state index contributed by atoms with van der Waals surface area (Å²) in [7, 11) is 0. The molecule has 0 aliphatic carbocycles. The molecule has 3 rings (SSSR count). The van der Waals surface area contributed by atoms with Gasteiger partial charge in [-0.25, -0.2) is 0 Å². The van der Waals surface area contributed by atoms with E-state index in [1.807, 2.05) is 0 Å². The van der Waals surface area contributed by atoms with Gasteiger partial charge in [-0.05, 0) is 30.5 Å². The number of para-hydroxylation sites is 1. The fourth-order valence-electron chi connectivity index (χ4n) is 3.41. The first-order valence-corrected chi connectivity index (χ1v) is 8.65. The minimum Gasteiger partial charge on any atom is -0.369 e. The predicted molar refractivity (Wildman–Crippen MR) is 97.8 cm³/mol. The summed E-state index contributed by atoms with van der Waals surface area (Å²) in [5.41, 5.74) is 8.80. The Morgan fingerprint density at radius 3 is 2.04 bits per heavy atom. The predicted octanol–water partition coefficient (Wildman–Crippen LogP) is 2.77. The van der Waals surface area contributed by atoms with Crippen LogP contribution in [0.2, 0.25) is 0 Å². The van der Waals surface area contributed by atoms with Gasteiger partial charge in [0, 0.05) is 44.5 Å². The first kappa shape index (κ1) is 16.0. The van der Waals surface area contributed by atoms with Crippen LogP contribution in [0.15, 0.2) is 60.7 Å². The molecule has 1 fully saturated rings. The van der Waals surface area contributed by atoms with Crippen LogP contribution in [0.5, 0.6) is 0 Å². The molecule has 0 saturated carbocycles. The first-order chi connectivity index (χ1) is 11.4. The van der Waals surface area contributed by atoms with E-state index in [1.165, 1.54) is 11.3 Å². The highest BCUT2D eigenvalue weighted by Gasteiger charge is 2.22. The zero-order valence-corrected chi connectivity index (χ0v) is 13.8. The fourth-order valence-corrected chi connectivity index (χ4v) is 3.41. The maximum Gasteiger partial charge on any atom is 0.0367 e. The summed E-state index contributed by atoms with van der Waals surface area (Å²) in [5.74, 6) is 0. The molecule has 0 spiro atoms. The van der Waals surface area contributed by atoms with E-state index < -0.39 is 0 Å². The summed E-state index contributed by atoms with van der Waals surface area (Å²) >= 11 is 0. The average molecular weight is 309 g/mol. The molecular formula is C20H27N3. The van der Waals surface area contributed by atoms with E-state index in [4.69, 9.17) is 5.73 Å². The molecule has 0 bridgehead atoms. The summed E-state index contributed by atoms with van der Waals surface area (Å²) in [6.07, 6.45) is 2.26. The Morgan fingerprint density at radius 1 is 0.826 bits per heavy atom. The van der Waals surface area contributed by atoms with Gasteiger partial charge in [0.15, 0.2) is 0 Å². The quantitative estimate of drug-likeness (QED) is 0.890. The van der Waals surface area contributed by atoms with Crippen LogP contribution in [0.25, 0.3) is 0 Å². The molecule has 2 aromatic carbocycles. The van der Waals surface area contributed by atoms with Crippen molar-refractivity contribution in [2.75, 3.05) is 37.6 Å². The van der Waals surface area contributed by atoms with E-state index in [9.17, 15) is 0 Å². The van der Waals surface area contributed by atoms with Crippen molar-refractivity contribution in [3.63, 3.8) is 0 Å². The number of nitrogens with two attached hydrogens (primary N) is 1. The Bertz CT molecular complexity index is 562. The van der Waals surface area contributed by atoms with Crippen molar-refractivity contribution < 1.29 is 0 Å². The van der Waals surface area contributed by atoms with E-state index in [-0.39, 0.29) is 0 Å². The van der Waals surface area contributed by atoms with Crippen LogP contribution >= 0.6 is 0 Å². The highest BCUT2D eigenvalue weighted by atomic mass is 15.3. The number of rotatable bonds is 6. The van der Waals surface area contributed by atoms with Crippen molar-refractivity contribution in [1.82, 2.24) is 4.90 Å². The van der Waals surface area contributed by atoms with Crippen LogP contribution in [-0.2, 0) is 6.42 Å². The van der Waals surface area contributed by atoms with Crippen LogP contribution in [0.1, 0.15) is 12.0 Å². The zero-order chi connectivity index (χ0) is 15.9. The molecular weight excluding hydrogens is 282 g/mol. The standard InChI is InChI=1S/C20H27N3/c21-17-20(12-11-18-7-3-1-4-8-18)23-15-13-22(14-16-23)19-9-5-2-6-10-19/h1-10,20H,11-17,21H2. The third-order valence-electron chi connectivity index (χ3n) is 4.83. The molecule has 1 aliphatic heterocycles. The highest BCUT2D eigenvalue weighted by molar-refractivity contribution is 5.46. The molecule has 3 nitrogen and oxygen atoms in total. The van der Waals surface area contributed by atoms with E-state index in [0.29, 0.717) is 6.04 Å². The van der Waals surface area contributed by atoms with Crippen molar-refractivity contribution in [3.8, 4) is 0 Å². The Labute approximate surface area is 139 Å². The lowest BCUT2D eigenvalue weighted by Gasteiger charge is -2.40. The summed E-state index contributed by atoms with van der Waals surface area (Å²) in [5, 5.41) is 0. The maximum absolute atomic E-state index is 6.06. The van der Waals surface area contributed by atoms with Crippen molar-refractivity contribution in [2.24, 2.45) is 5.73 Å². The Kier molecular flexibility index (Phi) is 5.67. The van der Waals surface area contributed by atoms with Gasteiger partial charge in [0.2, 0.25) is 0 Å². The lowest BCUT2D eigenvalue weighted by Crippen LogP contribution is -2.52. The van der Waals surface area contributed by atoms with Gasteiger partial charge in [0.05, 0.1) is 0 Å². The number of hydrogen-bond donors (Lipinski definition) is 1. The molecule has 23 heavy (non-hydrogen) atoms. The molecule has 0 aromatic heterocycles. The van der Waals surface area contributed by atoms with E-state index in [1.54, 1.807) is 0 Å². The van der Waals surface area contributed by atoms with Gasteiger partial charge in [0.1, 0.15) is 0 Å². The molecule has 0 radical (unpaired) electrons. The van der Waals surface area contributed by atoms with Gasteiger partial charge in [-0.15, -0.1) is 0 Å². The van der Waals surface area contributed by atoms with Crippen LogP contribution in [0.4, 0.5) is 5.69 Å². The lowest BCUT2D eigenvalue weighted by molar-refractivity contribution is 0.180. The van der Waals surface area contributed by atoms with E-state index in [0.717, 1.165) is 45.6 Å². The summed E-state index contributed by atoms with van der Waals surface area (Å²) in [4.78, 5) is 5.05. The van der Waals surface area contributed by atoms with Crippen LogP contribution < -0.4 is 10.6 Å². The number of anilines is 1. The van der Waals surface area contributed by atoms with Gasteiger partial charge < -0.3 is 10.6 Å². The molecule has 122 valence electrons. The third kappa shape index (κ3) is 4.34. The minimum atomic E-state index is 0.494. The van der Waals surface area contributed by atoms with Crippen LogP contribution in [0, 0.1) is 0 Å². The largest absolute Gasteiger partial charge is 0.369 e. The minimum absolute atomic E-state index is 0.494. The zero-order valence-electron chi connectivity index (χ0n) is 13.8. The van der Waals surface area contributed by atoms with Crippen molar-refractivity contribution >= 4 is 5.69 Å². The molecule has 1 aliphatic rings. The fraction of sp³-hybridized carbons (Fsp3) is 0.400. The average Bonchev–Trinajstić information content (AvgIpc) is 2.64. The molecule has 1 heterocycles. The summed E-state index contributed by atoms with van der Waals surface area (Å²) < 4.78 is 0. The SMILES string of the molecule is NCC(CCc1ccccc1)N1CCN(c2ccccc2)CC1. The molecule has 2 aromatic rings.